The van der Waals surface area contributed by atoms with Gasteiger partial charge in [0.05, 0.1) is 25.3 Å². The molecule has 0 aromatic heterocycles. The highest BCUT2D eigenvalue weighted by atomic mass is 35.5. The van der Waals surface area contributed by atoms with Crippen molar-refractivity contribution < 1.29 is 34.6 Å². The van der Waals surface area contributed by atoms with Crippen LogP contribution in [0.3, 0.4) is 0 Å². The summed E-state index contributed by atoms with van der Waals surface area (Å²) in [5, 5.41) is 41.2. The van der Waals surface area contributed by atoms with E-state index in [9.17, 15) is 20.4 Å². The highest BCUT2D eigenvalue weighted by Crippen LogP contribution is 2.46. The Morgan fingerprint density at radius 2 is 1.88 bits per heavy atom. The summed E-state index contributed by atoms with van der Waals surface area (Å²) in [6.07, 6.45) is -4.66. The molecule has 32 heavy (non-hydrogen) atoms. The summed E-state index contributed by atoms with van der Waals surface area (Å²) in [7, 11) is 1.62. The minimum Gasteiger partial charge on any atom is -0.497 e. The average Bonchev–Trinajstić information content (AvgIpc) is 2.83. The molecule has 2 aliphatic heterocycles. The molecule has 2 heterocycles. The van der Waals surface area contributed by atoms with E-state index in [1.54, 1.807) is 7.11 Å². The van der Waals surface area contributed by atoms with E-state index in [2.05, 4.69) is 0 Å². The van der Waals surface area contributed by atoms with Crippen molar-refractivity contribution in [2.45, 2.75) is 54.0 Å². The number of benzene rings is 2. The third-order valence-electron chi connectivity index (χ3n) is 5.89. The second kappa shape index (κ2) is 10.2. The van der Waals surface area contributed by atoms with Crippen LogP contribution in [0.25, 0.3) is 0 Å². The molecule has 5 atom stereocenters. The molecular formula is C23H27ClO7S. The fourth-order valence-corrected chi connectivity index (χ4v) is 5.43. The van der Waals surface area contributed by atoms with Crippen LogP contribution in [0.2, 0.25) is 5.02 Å². The van der Waals surface area contributed by atoms with E-state index in [1.165, 1.54) is 11.8 Å². The molecule has 9 heteroatoms. The van der Waals surface area contributed by atoms with Crippen molar-refractivity contribution in [2.24, 2.45) is 0 Å². The molecule has 1 saturated heterocycles. The molecule has 0 aliphatic carbocycles. The molecule has 0 saturated carbocycles. The van der Waals surface area contributed by atoms with Crippen molar-refractivity contribution in [3.63, 3.8) is 0 Å². The summed E-state index contributed by atoms with van der Waals surface area (Å²) in [4.78, 5) is 0.759. The second-order valence-corrected chi connectivity index (χ2v) is 9.32. The zero-order valence-electron chi connectivity index (χ0n) is 17.6. The molecule has 2 aromatic carbocycles. The quantitative estimate of drug-likeness (QED) is 0.465. The van der Waals surface area contributed by atoms with Crippen molar-refractivity contribution >= 4 is 23.4 Å². The Bertz CT molecular complexity index is 937. The lowest BCUT2D eigenvalue weighted by atomic mass is 9.87. The molecule has 1 fully saturated rings. The van der Waals surface area contributed by atoms with E-state index in [4.69, 9.17) is 25.8 Å². The maximum atomic E-state index is 10.7. The van der Waals surface area contributed by atoms with Crippen molar-refractivity contribution in [1.82, 2.24) is 0 Å². The van der Waals surface area contributed by atoms with Crippen molar-refractivity contribution in [3.8, 4) is 11.5 Å². The van der Waals surface area contributed by atoms with Crippen LogP contribution >= 0.6 is 23.4 Å². The number of halogens is 1. The Morgan fingerprint density at radius 1 is 1.12 bits per heavy atom. The SMILES string of the molecule is COc1ccc(CSc2cc([C@@H]3O[C@H](CO)[C@@H](O)[C@H](O)[C@H]3O)c3c(c2Cl)OCCC3)cc1. The Balaban J connectivity index is 1.67. The lowest BCUT2D eigenvalue weighted by Gasteiger charge is -2.41. The van der Waals surface area contributed by atoms with Crippen LogP contribution in [0, 0.1) is 0 Å². The van der Waals surface area contributed by atoms with Gasteiger partial charge in [0.15, 0.2) is 0 Å². The van der Waals surface area contributed by atoms with E-state index < -0.39 is 37.1 Å². The fourth-order valence-electron chi connectivity index (χ4n) is 4.10. The summed E-state index contributed by atoms with van der Waals surface area (Å²) >= 11 is 8.22. The molecule has 2 aliphatic rings. The topological polar surface area (TPSA) is 109 Å². The van der Waals surface area contributed by atoms with Gasteiger partial charge in [0.1, 0.15) is 42.0 Å². The Labute approximate surface area is 195 Å². The van der Waals surface area contributed by atoms with Crippen molar-refractivity contribution in [3.05, 3.63) is 52.0 Å². The van der Waals surface area contributed by atoms with Gasteiger partial charge in [-0.1, -0.05) is 23.7 Å². The van der Waals surface area contributed by atoms with Gasteiger partial charge in [-0.3, -0.25) is 0 Å². The molecule has 174 valence electrons. The number of rotatable bonds is 6. The van der Waals surface area contributed by atoms with Gasteiger partial charge in [0, 0.05) is 16.2 Å². The lowest BCUT2D eigenvalue weighted by Crippen LogP contribution is -2.55. The van der Waals surface area contributed by atoms with Gasteiger partial charge in [-0.05, 0) is 42.2 Å². The number of hydrogen-bond donors (Lipinski definition) is 4. The normalized spacial score (nSPS) is 27.5. The molecule has 0 bridgehead atoms. The van der Waals surface area contributed by atoms with Crippen LogP contribution in [0.1, 0.15) is 29.2 Å². The first-order valence-corrected chi connectivity index (χ1v) is 11.8. The summed E-state index contributed by atoms with van der Waals surface area (Å²) in [5.74, 6) is 1.99. The number of ether oxygens (including phenoxy) is 3. The zero-order chi connectivity index (χ0) is 22.8. The van der Waals surface area contributed by atoms with Gasteiger partial charge in [-0.2, -0.15) is 0 Å². The van der Waals surface area contributed by atoms with Crippen LogP contribution < -0.4 is 9.47 Å². The standard InChI is InChI=1S/C23H27ClO7S/c1-29-13-6-4-12(5-7-13)11-32-17-9-15(14-3-2-8-30-22(14)18(17)24)23-21(28)20(27)19(26)16(10-25)31-23/h4-7,9,16,19-21,23,25-28H,2-3,8,10-11H2,1H3/t16-,19-,20+,21-,23+/m1/s1. The van der Waals surface area contributed by atoms with Gasteiger partial charge in [-0.15, -0.1) is 11.8 Å². The van der Waals surface area contributed by atoms with Gasteiger partial charge in [0.25, 0.3) is 0 Å². The Hall–Kier alpha value is -1.52. The van der Waals surface area contributed by atoms with Crippen LogP contribution in [0.4, 0.5) is 0 Å². The Kier molecular flexibility index (Phi) is 7.51. The molecule has 0 unspecified atom stereocenters. The summed E-state index contributed by atoms with van der Waals surface area (Å²) in [5.41, 5.74) is 2.55. The number of aliphatic hydroxyl groups is 4. The zero-order valence-corrected chi connectivity index (χ0v) is 19.2. The van der Waals surface area contributed by atoms with E-state index in [-0.39, 0.29) is 0 Å². The molecule has 0 radical (unpaired) electrons. The fraction of sp³-hybridized carbons (Fsp3) is 0.478. The average molecular weight is 483 g/mol. The smallest absolute Gasteiger partial charge is 0.142 e. The predicted molar refractivity (Wildman–Crippen MR) is 121 cm³/mol. The molecule has 0 amide bonds. The second-order valence-electron chi connectivity index (χ2n) is 7.92. The van der Waals surface area contributed by atoms with Crippen molar-refractivity contribution in [1.29, 1.82) is 0 Å². The molecule has 4 rings (SSSR count). The maximum absolute atomic E-state index is 10.7. The van der Waals surface area contributed by atoms with Gasteiger partial charge in [-0.25, -0.2) is 0 Å². The van der Waals surface area contributed by atoms with E-state index in [1.807, 2.05) is 30.3 Å². The minimum absolute atomic E-state index is 0.479. The highest BCUT2D eigenvalue weighted by Gasteiger charge is 2.45. The molecule has 0 spiro atoms. The number of aliphatic hydroxyl groups excluding tert-OH is 4. The monoisotopic (exact) mass is 482 g/mol. The Morgan fingerprint density at radius 3 is 2.56 bits per heavy atom. The highest BCUT2D eigenvalue weighted by molar-refractivity contribution is 7.98. The molecule has 2 aromatic rings. The minimum atomic E-state index is -1.45. The number of hydrogen-bond acceptors (Lipinski definition) is 8. The van der Waals surface area contributed by atoms with Gasteiger partial charge < -0.3 is 34.6 Å². The number of thioether (sulfide) groups is 1. The summed E-state index contributed by atoms with van der Waals surface area (Å²) in [6.45, 7) is 0.0558. The molecular weight excluding hydrogens is 456 g/mol. The van der Waals surface area contributed by atoms with Gasteiger partial charge in [0.2, 0.25) is 0 Å². The van der Waals surface area contributed by atoms with Crippen molar-refractivity contribution in [2.75, 3.05) is 20.3 Å². The number of methoxy groups -OCH3 is 1. The number of fused-ring (bicyclic) bond motifs is 1. The predicted octanol–water partition coefficient (Wildman–Crippen LogP) is 2.48. The van der Waals surface area contributed by atoms with Crippen LogP contribution in [-0.2, 0) is 16.9 Å². The van der Waals surface area contributed by atoms with E-state index >= 15 is 0 Å². The lowest BCUT2D eigenvalue weighted by molar-refractivity contribution is -0.232. The third kappa shape index (κ3) is 4.59. The van der Waals surface area contributed by atoms with Crippen LogP contribution in [0.15, 0.2) is 35.2 Å². The summed E-state index contributed by atoms with van der Waals surface area (Å²) in [6, 6.07) is 9.61. The first-order chi connectivity index (χ1) is 15.4. The van der Waals surface area contributed by atoms with Crippen LogP contribution in [-0.4, -0.2) is 65.2 Å². The molecule has 4 N–H and O–H groups in total. The third-order valence-corrected chi connectivity index (χ3v) is 7.49. The van der Waals surface area contributed by atoms with E-state index in [0.29, 0.717) is 35.1 Å². The largest absolute Gasteiger partial charge is 0.497 e. The van der Waals surface area contributed by atoms with Gasteiger partial charge >= 0.3 is 0 Å². The van der Waals surface area contributed by atoms with E-state index in [0.717, 1.165) is 28.2 Å². The van der Waals surface area contributed by atoms with Crippen LogP contribution in [0.5, 0.6) is 11.5 Å². The molecule has 7 nitrogen and oxygen atoms in total. The maximum Gasteiger partial charge on any atom is 0.142 e. The summed E-state index contributed by atoms with van der Waals surface area (Å²) < 4.78 is 16.9. The first-order valence-electron chi connectivity index (χ1n) is 10.5. The first kappa shape index (κ1) is 23.6.